The van der Waals surface area contributed by atoms with E-state index in [9.17, 15) is 14.0 Å². The molecule has 1 atom stereocenters. The van der Waals surface area contributed by atoms with E-state index >= 15 is 0 Å². The number of carbonyl (C=O) groups is 2. The number of hydrogen-bond donors (Lipinski definition) is 1. The quantitative estimate of drug-likeness (QED) is 0.286. The molecule has 0 aliphatic carbocycles. The van der Waals surface area contributed by atoms with Crippen molar-refractivity contribution in [2.45, 2.75) is 25.8 Å². The summed E-state index contributed by atoms with van der Waals surface area (Å²) in [6.07, 6.45) is 0.738. The highest BCUT2D eigenvalue weighted by molar-refractivity contribution is 7.80. The summed E-state index contributed by atoms with van der Waals surface area (Å²) in [6, 6.07) is 20.0. The number of nitrogens with one attached hydrogen (secondary N) is 1. The molecule has 11 heteroatoms. The average molecular weight is 624 g/mol. The van der Waals surface area contributed by atoms with E-state index in [0.717, 1.165) is 44.8 Å². The van der Waals surface area contributed by atoms with Crippen LogP contribution in [-0.2, 0) is 9.59 Å². The van der Waals surface area contributed by atoms with Crippen LogP contribution in [0.15, 0.2) is 72.8 Å². The third-order valence-corrected chi connectivity index (χ3v) is 8.34. The summed E-state index contributed by atoms with van der Waals surface area (Å²) in [4.78, 5) is 34.9. The molecule has 2 saturated heterocycles. The van der Waals surface area contributed by atoms with Gasteiger partial charge in [-0.05, 0) is 105 Å². The molecule has 5 rings (SSSR count). The summed E-state index contributed by atoms with van der Waals surface area (Å²) >= 11 is 11.8. The molecule has 2 heterocycles. The zero-order chi connectivity index (χ0) is 30.3. The van der Waals surface area contributed by atoms with Crippen LogP contribution in [0.5, 0.6) is 5.75 Å². The van der Waals surface area contributed by atoms with Crippen LogP contribution in [0, 0.1) is 5.82 Å². The smallest absolute Gasteiger partial charge is 0.256 e. The van der Waals surface area contributed by atoms with Crippen LogP contribution in [0.25, 0.3) is 0 Å². The lowest BCUT2D eigenvalue weighted by molar-refractivity contribution is -0.124. The van der Waals surface area contributed by atoms with Gasteiger partial charge in [0.05, 0.1) is 18.7 Å². The van der Waals surface area contributed by atoms with Crippen molar-refractivity contribution in [3.8, 4) is 5.75 Å². The van der Waals surface area contributed by atoms with Crippen molar-refractivity contribution in [2.75, 3.05) is 61.0 Å². The number of ether oxygens (including phenoxy) is 1. The van der Waals surface area contributed by atoms with Crippen LogP contribution < -0.4 is 19.9 Å². The van der Waals surface area contributed by atoms with Crippen molar-refractivity contribution < 1.29 is 18.7 Å². The highest BCUT2D eigenvalue weighted by Gasteiger charge is 2.44. The second kappa shape index (κ2) is 14.2. The fraction of sp³-hybridized carbons (Fsp3) is 0.344. The van der Waals surface area contributed by atoms with Crippen molar-refractivity contribution in [3.63, 3.8) is 0 Å². The van der Waals surface area contributed by atoms with Crippen molar-refractivity contribution in [2.24, 2.45) is 0 Å². The minimum absolute atomic E-state index is 0.0362. The molecule has 0 unspecified atom stereocenters. The number of rotatable bonds is 11. The van der Waals surface area contributed by atoms with E-state index in [2.05, 4.69) is 15.1 Å². The predicted octanol–water partition coefficient (Wildman–Crippen LogP) is 5.42. The standard InChI is InChI=1S/C32H35ClFN5O3S/c1-2-42-28-14-12-27(13-15-28)39-31(41)29(22-30(40)35-25-8-4-23(33)5-9-25)38(32(39)43)17-3-16-36-18-20-37(21-19-36)26-10-6-24(34)7-11-26/h4-15,29H,2-3,16-22H2,1H3,(H,35,40)/t29-/m0/s1. The van der Waals surface area contributed by atoms with E-state index in [1.807, 2.05) is 48.2 Å². The van der Waals surface area contributed by atoms with E-state index < -0.39 is 6.04 Å². The third kappa shape index (κ3) is 7.62. The molecule has 8 nitrogen and oxygen atoms in total. The number of halogens is 2. The van der Waals surface area contributed by atoms with Crippen molar-refractivity contribution in [1.29, 1.82) is 0 Å². The first-order valence-corrected chi connectivity index (χ1v) is 15.3. The van der Waals surface area contributed by atoms with Gasteiger partial charge < -0.3 is 19.9 Å². The zero-order valence-corrected chi connectivity index (χ0v) is 25.6. The van der Waals surface area contributed by atoms with Crippen molar-refractivity contribution >= 4 is 57.8 Å². The summed E-state index contributed by atoms with van der Waals surface area (Å²) in [7, 11) is 0. The molecule has 0 saturated carbocycles. The Hall–Kier alpha value is -3.73. The predicted molar refractivity (Wildman–Crippen MR) is 173 cm³/mol. The van der Waals surface area contributed by atoms with E-state index in [4.69, 9.17) is 28.6 Å². The number of thiocarbonyl (C=S) groups is 1. The van der Waals surface area contributed by atoms with E-state index in [0.29, 0.717) is 40.4 Å². The van der Waals surface area contributed by atoms with Gasteiger partial charge >= 0.3 is 0 Å². The van der Waals surface area contributed by atoms with Gasteiger partial charge in [0.1, 0.15) is 17.6 Å². The lowest BCUT2D eigenvalue weighted by atomic mass is 10.1. The van der Waals surface area contributed by atoms with Crippen molar-refractivity contribution in [1.82, 2.24) is 9.80 Å². The molecule has 3 aromatic carbocycles. The molecule has 2 fully saturated rings. The topological polar surface area (TPSA) is 68.4 Å². The number of carbonyl (C=O) groups excluding carboxylic acids is 2. The molecule has 2 aliphatic rings. The monoisotopic (exact) mass is 623 g/mol. The second-order valence-corrected chi connectivity index (χ2v) is 11.3. The van der Waals surface area contributed by atoms with Gasteiger partial charge in [-0.3, -0.25) is 19.4 Å². The maximum Gasteiger partial charge on any atom is 0.256 e. The van der Waals surface area contributed by atoms with Gasteiger partial charge in [-0.25, -0.2) is 4.39 Å². The molecule has 2 amide bonds. The summed E-state index contributed by atoms with van der Waals surface area (Å²) in [5.41, 5.74) is 2.27. The van der Waals surface area contributed by atoms with E-state index in [1.54, 1.807) is 24.3 Å². The molecule has 43 heavy (non-hydrogen) atoms. The average Bonchev–Trinajstić information content (AvgIpc) is 3.23. The normalized spacial score (nSPS) is 17.5. The highest BCUT2D eigenvalue weighted by atomic mass is 35.5. The van der Waals surface area contributed by atoms with Crippen LogP contribution in [0.3, 0.4) is 0 Å². The van der Waals surface area contributed by atoms with Crippen LogP contribution >= 0.6 is 23.8 Å². The summed E-state index contributed by atoms with van der Waals surface area (Å²) in [5.74, 6) is -0.0334. The van der Waals surface area contributed by atoms with Crippen molar-refractivity contribution in [3.05, 3.63) is 83.6 Å². The second-order valence-electron chi connectivity index (χ2n) is 10.5. The molecule has 226 valence electrons. The van der Waals surface area contributed by atoms with Gasteiger partial charge in [0.2, 0.25) is 5.91 Å². The lowest BCUT2D eigenvalue weighted by Gasteiger charge is -2.36. The zero-order valence-electron chi connectivity index (χ0n) is 24.0. The molecule has 2 aliphatic heterocycles. The minimum Gasteiger partial charge on any atom is -0.494 e. The maximum absolute atomic E-state index is 13.8. The SMILES string of the molecule is CCOc1ccc(N2C(=O)[C@H](CC(=O)Nc3ccc(Cl)cc3)N(CCCN3CCN(c4ccc(F)cc4)CC3)C2=S)cc1. The Morgan fingerprint density at radius 3 is 2.26 bits per heavy atom. The fourth-order valence-corrected chi connectivity index (χ4v) is 5.99. The number of anilines is 3. The molecule has 3 aromatic rings. The molecule has 0 aromatic heterocycles. The summed E-state index contributed by atoms with van der Waals surface area (Å²) in [6.45, 7) is 7.29. The van der Waals surface area contributed by atoms with Gasteiger partial charge in [-0.15, -0.1) is 0 Å². The van der Waals surface area contributed by atoms with Gasteiger partial charge in [0, 0.05) is 49.1 Å². The van der Waals surface area contributed by atoms with Crippen LogP contribution in [0.2, 0.25) is 5.02 Å². The molecule has 0 bridgehead atoms. The fourth-order valence-electron chi connectivity index (χ4n) is 5.45. The Morgan fingerprint density at radius 1 is 0.953 bits per heavy atom. The molecular weight excluding hydrogens is 589 g/mol. The Labute approximate surface area is 261 Å². The van der Waals surface area contributed by atoms with Gasteiger partial charge in [0.25, 0.3) is 5.91 Å². The van der Waals surface area contributed by atoms with Gasteiger partial charge in [-0.1, -0.05) is 11.6 Å². The maximum atomic E-state index is 13.8. The van der Waals surface area contributed by atoms with E-state index in [-0.39, 0.29) is 24.1 Å². The highest BCUT2D eigenvalue weighted by Crippen LogP contribution is 2.29. The summed E-state index contributed by atoms with van der Waals surface area (Å²) < 4.78 is 18.9. The number of benzene rings is 3. The molecular formula is C32H35ClFN5O3S. The molecule has 0 radical (unpaired) electrons. The Kier molecular flexibility index (Phi) is 10.1. The van der Waals surface area contributed by atoms with Gasteiger partial charge in [0.15, 0.2) is 5.11 Å². The minimum atomic E-state index is -0.721. The van der Waals surface area contributed by atoms with E-state index in [1.165, 1.54) is 17.0 Å². The largest absolute Gasteiger partial charge is 0.494 e. The third-order valence-electron chi connectivity index (χ3n) is 7.67. The number of piperazine rings is 1. The molecule has 1 N–H and O–H groups in total. The van der Waals surface area contributed by atoms with Gasteiger partial charge in [-0.2, -0.15) is 0 Å². The Balaban J connectivity index is 1.23. The van der Waals surface area contributed by atoms with Crippen LogP contribution in [0.4, 0.5) is 21.5 Å². The summed E-state index contributed by atoms with van der Waals surface area (Å²) in [5, 5.41) is 3.83. The Bertz CT molecular complexity index is 1420. The number of amides is 2. The first-order valence-electron chi connectivity index (χ1n) is 14.5. The Morgan fingerprint density at radius 2 is 1.60 bits per heavy atom. The first kappa shape index (κ1) is 30.7. The number of nitrogens with zero attached hydrogens (tertiary/aromatic N) is 4. The van der Waals surface area contributed by atoms with Crippen LogP contribution in [0.1, 0.15) is 19.8 Å². The lowest BCUT2D eigenvalue weighted by Crippen LogP contribution is -2.47. The first-order chi connectivity index (χ1) is 20.8. The molecule has 0 spiro atoms. The number of hydrogen-bond acceptors (Lipinski definition) is 6. The van der Waals surface area contributed by atoms with Crippen LogP contribution in [-0.4, -0.2) is 78.6 Å².